The molecule has 1 aliphatic carbocycles. The first-order valence-corrected chi connectivity index (χ1v) is 10.3. The van der Waals surface area contributed by atoms with E-state index in [0.29, 0.717) is 12.4 Å². The number of hydrogen-bond acceptors (Lipinski definition) is 4. The Kier molecular flexibility index (Phi) is 5.47. The van der Waals surface area contributed by atoms with Crippen LogP contribution in [-0.2, 0) is 27.3 Å². The number of fused-ring (bicyclic) bond motifs is 1. The molecule has 2 heterocycles. The molecule has 1 saturated heterocycles. The van der Waals surface area contributed by atoms with Gasteiger partial charge in [0.05, 0.1) is 24.6 Å². The molecule has 0 spiro atoms. The first-order valence-electron chi connectivity index (χ1n) is 10.3. The molecule has 1 aromatic heterocycles. The van der Waals surface area contributed by atoms with Crippen LogP contribution in [0.3, 0.4) is 0 Å². The van der Waals surface area contributed by atoms with E-state index in [0.717, 1.165) is 42.6 Å². The average Bonchev–Trinajstić information content (AvgIpc) is 3.26. The number of nitrogens with one attached hydrogen (secondary N) is 1. The van der Waals surface area contributed by atoms with Crippen molar-refractivity contribution in [1.29, 1.82) is 0 Å². The standard InChI is InChI=1S/C22H26N4O3/c1-2-15-7-9-16(10-8-15)13-26-19(11-12-23-26)24-20(27)14-25-21(28)17-5-3-4-6-18(17)22(25)29/h7-12,17-18H,2-6,13-14H2,1H3,(H,24,27). The summed E-state index contributed by atoms with van der Waals surface area (Å²) in [5.74, 6) is -0.695. The lowest BCUT2D eigenvalue weighted by Gasteiger charge is -2.19. The van der Waals surface area contributed by atoms with E-state index in [9.17, 15) is 14.4 Å². The van der Waals surface area contributed by atoms with Crippen molar-refractivity contribution < 1.29 is 14.4 Å². The van der Waals surface area contributed by atoms with Gasteiger partial charge in [-0.05, 0) is 30.4 Å². The van der Waals surface area contributed by atoms with Gasteiger partial charge in [0.1, 0.15) is 12.4 Å². The monoisotopic (exact) mass is 394 g/mol. The number of imide groups is 1. The van der Waals surface area contributed by atoms with Gasteiger partial charge in [0, 0.05) is 6.07 Å². The van der Waals surface area contributed by atoms with E-state index in [-0.39, 0.29) is 36.1 Å². The van der Waals surface area contributed by atoms with Gasteiger partial charge in [0.15, 0.2) is 0 Å². The number of likely N-dealkylation sites (tertiary alicyclic amines) is 1. The molecule has 3 amide bonds. The van der Waals surface area contributed by atoms with Crippen LogP contribution in [0.2, 0.25) is 0 Å². The number of benzene rings is 1. The lowest BCUT2D eigenvalue weighted by molar-refractivity contribution is -0.142. The predicted molar refractivity (Wildman–Crippen MR) is 108 cm³/mol. The summed E-state index contributed by atoms with van der Waals surface area (Å²) in [6.45, 7) is 2.40. The van der Waals surface area contributed by atoms with Gasteiger partial charge in [0.2, 0.25) is 17.7 Å². The Labute approximate surface area is 170 Å². The molecule has 2 fully saturated rings. The molecule has 29 heavy (non-hydrogen) atoms. The van der Waals surface area contributed by atoms with Crippen LogP contribution in [0.5, 0.6) is 0 Å². The molecule has 1 N–H and O–H groups in total. The molecule has 7 heteroatoms. The Balaban J connectivity index is 1.40. The Morgan fingerprint density at radius 1 is 1.03 bits per heavy atom. The summed E-state index contributed by atoms with van der Waals surface area (Å²) in [5, 5.41) is 7.08. The van der Waals surface area contributed by atoms with Crippen LogP contribution in [0.4, 0.5) is 5.82 Å². The molecule has 0 bridgehead atoms. The van der Waals surface area contributed by atoms with E-state index >= 15 is 0 Å². The topological polar surface area (TPSA) is 84.3 Å². The molecule has 2 unspecified atom stereocenters. The fraction of sp³-hybridized carbons (Fsp3) is 0.455. The van der Waals surface area contributed by atoms with Crippen molar-refractivity contribution in [1.82, 2.24) is 14.7 Å². The number of amides is 3. The third-order valence-electron chi connectivity index (χ3n) is 5.98. The summed E-state index contributed by atoms with van der Waals surface area (Å²) in [6.07, 6.45) is 6.04. The quantitative estimate of drug-likeness (QED) is 0.764. The van der Waals surface area contributed by atoms with E-state index in [1.54, 1.807) is 16.9 Å². The minimum absolute atomic E-state index is 0.195. The van der Waals surface area contributed by atoms with Crippen LogP contribution in [0.15, 0.2) is 36.5 Å². The number of aryl methyl sites for hydroxylation is 1. The highest BCUT2D eigenvalue weighted by molar-refractivity contribution is 6.08. The minimum atomic E-state index is -0.381. The second-order valence-electron chi connectivity index (χ2n) is 7.85. The van der Waals surface area contributed by atoms with E-state index in [2.05, 4.69) is 41.6 Å². The number of nitrogens with zero attached hydrogens (tertiary/aromatic N) is 3. The van der Waals surface area contributed by atoms with Crippen molar-refractivity contribution in [3.63, 3.8) is 0 Å². The summed E-state index contributed by atoms with van der Waals surface area (Å²) in [7, 11) is 0. The number of rotatable bonds is 6. The summed E-state index contributed by atoms with van der Waals surface area (Å²) >= 11 is 0. The highest BCUT2D eigenvalue weighted by Gasteiger charge is 2.48. The average molecular weight is 394 g/mol. The lowest BCUT2D eigenvalue weighted by Crippen LogP contribution is -2.38. The summed E-state index contributed by atoms with van der Waals surface area (Å²) < 4.78 is 1.70. The van der Waals surface area contributed by atoms with Gasteiger partial charge in [-0.3, -0.25) is 19.3 Å². The van der Waals surface area contributed by atoms with Crippen LogP contribution in [0.1, 0.15) is 43.7 Å². The molecular formula is C22H26N4O3. The fourth-order valence-corrected chi connectivity index (χ4v) is 4.33. The van der Waals surface area contributed by atoms with E-state index in [1.807, 2.05) is 0 Å². The van der Waals surface area contributed by atoms with Gasteiger partial charge in [-0.1, -0.05) is 44.0 Å². The van der Waals surface area contributed by atoms with Crippen LogP contribution in [0.25, 0.3) is 0 Å². The predicted octanol–water partition coefficient (Wildman–Crippen LogP) is 2.61. The fourth-order valence-electron chi connectivity index (χ4n) is 4.33. The number of carbonyl (C=O) groups is 3. The van der Waals surface area contributed by atoms with Crippen molar-refractivity contribution in [3.05, 3.63) is 47.7 Å². The lowest BCUT2D eigenvalue weighted by atomic mass is 9.81. The van der Waals surface area contributed by atoms with E-state index in [1.165, 1.54) is 5.56 Å². The highest BCUT2D eigenvalue weighted by atomic mass is 16.2. The zero-order chi connectivity index (χ0) is 20.4. The normalized spacial score (nSPS) is 21.3. The molecule has 2 aliphatic rings. The van der Waals surface area contributed by atoms with Gasteiger partial charge in [-0.2, -0.15) is 5.10 Å². The molecule has 1 aliphatic heterocycles. The molecule has 4 rings (SSSR count). The van der Waals surface area contributed by atoms with E-state index in [4.69, 9.17) is 0 Å². The molecule has 1 saturated carbocycles. The van der Waals surface area contributed by atoms with Gasteiger partial charge in [0.25, 0.3) is 0 Å². The zero-order valence-electron chi connectivity index (χ0n) is 16.6. The molecule has 7 nitrogen and oxygen atoms in total. The maximum Gasteiger partial charge on any atom is 0.245 e. The number of aromatic nitrogens is 2. The van der Waals surface area contributed by atoms with Crippen LogP contribution in [0, 0.1) is 11.8 Å². The van der Waals surface area contributed by atoms with Crippen molar-refractivity contribution in [2.75, 3.05) is 11.9 Å². The van der Waals surface area contributed by atoms with Crippen molar-refractivity contribution in [3.8, 4) is 0 Å². The molecule has 152 valence electrons. The Bertz CT molecular complexity index is 894. The molecular weight excluding hydrogens is 368 g/mol. The van der Waals surface area contributed by atoms with Crippen molar-refractivity contribution in [2.24, 2.45) is 11.8 Å². The number of carbonyl (C=O) groups excluding carboxylic acids is 3. The van der Waals surface area contributed by atoms with Crippen LogP contribution >= 0.6 is 0 Å². The minimum Gasteiger partial charge on any atom is -0.309 e. The second-order valence-corrected chi connectivity index (χ2v) is 7.85. The second kappa shape index (κ2) is 8.19. The highest BCUT2D eigenvalue weighted by Crippen LogP contribution is 2.37. The Morgan fingerprint density at radius 2 is 1.66 bits per heavy atom. The van der Waals surface area contributed by atoms with Crippen molar-refractivity contribution >= 4 is 23.5 Å². The van der Waals surface area contributed by atoms with E-state index < -0.39 is 0 Å². The molecule has 2 aromatic rings. The molecule has 2 atom stereocenters. The summed E-state index contributed by atoms with van der Waals surface area (Å²) in [6, 6.07) is 9.98. The third kappa shape index (κ3) is 3.95. The number of anilines is 1. The Morgan fingerprint density at radius 3 is 2.28 bits per heavy atom. The maximum atomic E-state index is 12.6. The smallest absolute Gasteiger partial charge is 0.245 e. The zero-order valence-corrected chi connectivity index (χ0v) is 16.6. The third-order valence-corrected chi connectivity index (χ3v) is 5.98. The number of hydrogen-bond donors (Lipinski definition) is 1. The SMILES string of the molecule is CCc1ccc(Cn2nccc2NC(=O)CN2C(=O)C3CCCCC3C2=O)cc1. The molecule has 1 aromatic carbocycles. The first-order chi connectivity index (χ1) is 14.1. The van der Waals surface area contributed by atoms with Gasteiger partial charge in [-0.25, -0.2) is 4.68 Å². The largest absolute Gasteiger partial charge is 0.309 e. The molecule has 0 radical (unpaired) electrons. The van der Waals surface area contributed by atoms with Gasteiger partial charge < -0.3 is 5.32 Å². The van der Waals surface area contributed by atoms with Crippen LogP contribution in [-0.4, -0.2) is 38.9 Å². The van der Waals surface area contributed by atoms with Gasteiger partial charge >= 0.3 is 0 Å². The summed E-state index contributed by atoms with van der Waals surface area (Å²) in [5.41, 5.74) is 2.35. The maximum absolute atomic E-state index is 12.6. The van der Waals surface area contributed by atoms with Gasteiger partial charge in [-0.15, -0.1) is 0 Å². The Hall–Kier alpha value is -2.96. The first kappa shape index (κ1) is 19.4. The van der Waals surface area contributed by atoms with Crippen LogP contribution < -0.4 is 5.32 Å². The summed E-state index contributed by atoms with van der Waals surface area (Å²) in [4.78, 5) is 38.8. The van der Waals surface area contributed by atoms with Crippen molar-refractivity contribution in [2.45, 2.75) is 45.6 Å².